The third kappa shape index (κ3) is 3.62. The van der Waals surface area contributed by atoms with E-state index in [4.69, 9.17) is 9.84 Å². The molecule has 5 heteroatoms. The second-order valence-corrected chi connectivity index (χ2v) is 6.92. The molecule has 0 aromatic carbocycles. The molecule has 1 aliphatic carbocycles. The van der Waals surface area contributed by atoms with Gasteiger partial charge in [0.15, 0.2) is 0 Å². The lowest BCUT2D eigenvalue weighted by Crippen LogP contribution is -2.55. The van der Waals surface area contributed by atoms with Gasteiger partial charge in [-0.2, -0.15) is 0 Å². The number of nitrogens with zero attached hydrogens (tertiary/aromatic N) is 1. The molecule has 124 valence electrons. The van der Waals surface area contributed by atoms with E-state index < -0.39 is 5.97 Å². The van der Waals surface area contributed by atoms with Crippen LogP contribution in [-0.4, -0.2) is 35.2 Å². The number of carbonyl (C=O) groups is 2. The molecule has 1 amide bonds. The molecule has 0 aromatic heterocycles. The van der Waals surface area contributed by atoms with Gasteiger partial charge in [-0.05, 0) is 48.9 Å². The number of likely N-dealkylation sites (tertiary alicyclic amines) is 1. The number of ether oxygens (including phenoxy) is 1. The highest BCUT2D eigenvalue weighted by Crippen LogP contribution is 2.48. The van der Waals surface area contributed by atoms with E-state index in [0.717, 1.165) is 25.9 Å². The van der Waals surface area contributed by atoms with E-state index in [9.17, 15) is 9.59 Å². The monoisotopic (exact) mass is 309 g/mol. The molecule has 22 heavy (non-hydrogen) atoms. The second kappa shape index (κ2) is 7.16. The number of rotatable bonds is 5. The molecule has 2 fully saturated rings. The van der Waals surface area contributed by atoms with Crippen molar-refractivity contribution in [1.82, 2.24) is 4.90 Å². The normalized spacial score (nSPS) is 34.1. The van der Waals surface area contributed by atoms with Crippen LogP contribution in [0.1, 0.15) is 39.5 Å². The van der Waals surface area contributed by atoms with Crippen molar-refractivity contribution < 1.29 is 19.4 Å². The summed E-state index contributed by atoms with van der Waals surface area (Å²) in [4.78, 5) is 24.6. The van der Waals surface area contributed by atoms with Gasteiger partial charge < -0.3 is 14.7 Å². The minimum Gasteiger partial charge on any atom is -0.481 e. The fraction of sp³-hybridized carbons (Fsp3) is 0.765. The first kappa shape index (κ1) is 16.8. The van der Waals surface area contributed by atoms with Crippen molar-refractivity contribution in [1.29, 1.82) is 0 Å². The van der Waals surface area contributed by atoms with Crippen molar-refractivity contribution in [2.24, 2.45) is 29.6 Å². The number of aliphatic carboxylic acids is 1. The predicted molar refractivity (Wildman–Crippen MR) is 83.2 cm³/mol. The van der Waals surface area contributed by atoms with Gasteiger partial charge in [0.25, 0.3) is 0 Å². The van der Waals surface area contributed by atoms with Gasteiger partial charge in [0.1, 0.15) is 0 Å². The minimum atomic E-state index is -0.724. The van der Waals surface area contributed by atoms with Crippen LogP contribution >= 0.6 is 0 Å². The van der Waals surface area contributed by atoms with Crippen LogP contribution in [0.5, 0.6) is 0 Å². The Kier molecular flexibility index (Phi) is 5.48. The second-order valence-electron chi connectivity index (χ2n) is 6.92. The fourth-order valence-corrected chi connectivity index (χ4v) is 4.52. The fourth-order valence-electron chi connectivity index (χ4n) is 4.52. The number of hydrogen-bond donors (Lipinski definition) is 1. The standard InChI is InChI=1S/C17H27NO4/c1-4-22-17(21)18-9-14-11(2)8-12(3)15(10-18)13(14)6-5-7-16(19)20/h4,11-15H,1,5-10H2,2-3H3,(H,19,20). The topological polar surface area (TPSA) is 66.8 Å². The Morgan fingerprint density at radius 3 is 2.36 bits per heavy atom. The molecule has 0 aromatic rings. The summed E-state index contributed by atoms with van der Waals surface area (Å²) in [5.74, 6) is 1.80. The molecule has 0 radical (unpaired) electrons. The summed E-state index contributed by atoms with van der Waals surface area (Å²) in [5.41, 5.74) is 0. The molecule has 2 rings (SSSR count). The van der Waals surface area contributed by atoms with E-state index in [2.05, 4.69) is 20.4 Å². The first-order chi connectivity index (χ1) is 10.4. The molecule has 0 spiro atoms. The van der Waals surface area contributed by atoms with Gasteiger partial charge in [-0.15, -0.1) is 0 Å². The highest BCUT2D eigenvalue weighted by atomic mass is 16.5. The summed E-state index contributed by atoms with van der Waals surface area (Å²) in [7, 11) is 0. The van der Waals surface area contributed by atoms with Crippen molar-refractivity contribution in [3.05, 3.63) is 12.8 Å². The highest BCUT2D eigenvalue weighted by Gasteiger charge is 2.46. The average Bonchev–Trinajstić information content (AvgIpc) is 2.45. The lowest BCUT2D eigenvalue weighted by molar-refractivity contribution is -0.137. The largest absolute Gasteiger partial charge is 0.481 e. The molecule has 1 N–H and O–H groups in total. The van der Waals surface area contributed by atoms with Crippen molar-refractivity contribution in [2.45, 2.75) is 39.5 Å². The Bertz CT molecular complexity index is 418. The number of carbonyl (C=O) groups excluding carboxylic acids is 1. The molecule has 1 heterocycles. The number of fused-ring (bicyclic) bond motifs is 2. The van der Waals surface area contributed by atoms with Crippen LogP contribution in [0, 0.1) is 29.6 Å². The van der Waals surface area contributed by atoms with Crippen LogP contribution in [0.25, 0.3) is 0 Å². The third-order valence-electron chi connectivity index (χ3n) is 5.54. The number of piperidine rings is 1. The van der Waals surface area contributed by atoms with Crippen molar-refractivity contribution in [2.75, 3.05) is 13.1 Å². The molecular formula is C17H27NO4. The zero-order chi connectivity index (χ0) is 16.3. The van der Waals surface area contributed by atoms with E-state index in [1.165, 1.54) is 12.7 Å². The quantitative estimate of drug-likeness (QED) is 0.791. The Balaban J connectivity index is 2.07. The van der Waals surface area contributed by atoms with Crippen molar-refractivity contribution in [3.8, 4) is 0 Å². The van der Waals surface area contributed by atoms with E-state index in [1.807, 2.05) is 0 Å². The molecular weight excluding hydrogens is 282 g/mol. The Morgan fingerprint density at radius 1 is 1.27 bits per heavy atom. The molecule has 4 atom stereocenters. The van der Waals surface area contributed by atoms with E-state index >= 15 is 0 Å². The van der Waals surface area contributed by atoms with Crippen LogP contribution in [0.2, 0.25) is 0 Å². The highest BCUT2D eigenvalue weighted by molar-refractivity contribution is 5.68. The first-order valence-electron chi connectivity index (χ1n) is 8.22. The molecule has 5 nitrogen and oxygen atoms in total. The predicted octanol–water partition coefficient (Wildman–Crippen LogP) is 3.36. The van der Waals surface area contributed by atoms with E-state index in [1.54, 1.807) is 4.90 Å². The van der Waals surface area contributed by atoms with Gasteiger partial charge >= 0.3 is 12.1 Å². The third-order valence-corrected chi connectivity index (χ3v) is 5.54. The van der Waals surface area contributed by atoms with Gasteiger partial charge in [-0.25, -0.2) is 4.79 Å². The SMILES string of the molecule is C=COC(=O)N1CC2C(C)CC(C)C(C1)C2CCCC(=O)O. The van der Waals surface area contributed by atoms with Gasteiger partial charge in [-0.3, -0.25) is 4.79 Å². The maximum atomic E-state index is 12.0. The van der Waals surface area contributed by atoms with Crippen LogP contribution in [0.15, 0.2) is 12.8 Å². The Labute approximate surface area is 132 Å². The lowest BCUT2D eigenvalue weighted by atomic mass is 9.59. The maximum Gasteiger partial charge on any atom is 0.414 e. The molecule has 2 aliphatic rings. The zero-order valence-corrected chi connectivity index (χ0v) is 13.5. The lowest BCUT2D eigenvalue weighted by Gasteiger charge is -2.52. The summed E-state index contributed by atoms with van der Waals surface area (Å²) >= 11 is 0. The molecule has 2 bridgehead atoms. The van der Waals surface area contributed by atoms with Crippen LogP contribution in [-0.2, 0) is 9.53 Å². The van der Waals surface area contributed by atoms with Gasteiger partial charge in [0.05, 0.1) is 6.26 Å². The van der Waals surface area contributed by atoms with E-state index in [0.29, 0.717) is 29.6 Å². The Morgan fingerprint density at radius 2 is 1.86 bits per heavy atom. The first-order valence-corrected chi connectivity index (χ1v) is 8.22. The number of carboxylic acid groups (broad SMARTS) is 1. The number of hydrogen-bond acceptors (Lipinski definition) is 3. The van der Waals surface area contributed by atoms with Gasteiger partial charge in [0.2, 0.25) is 0 Å². The average molecular weight is 309 g/mol. The summed E-state index contributed by atoms with van der Waals surface area (Å²) in [6, 6.07) is 0. The van der Waals surface area contributed by atoms with E-state index in [-0.39, 0.29) is 12.5 Å². The minimum absolute atomic E-state index is 0.237. The summed E-state index contributed by atoms with van der Waals surface area (Å²) in [6.45, 7) is 9.39. The van der Waals surface area contributed by atoms with Gasteiger partial charge in [-0.1, -0.05) is 20.4 Å². The number of carboxylic acids is 1. The van der Waals surface area contributed by atoms with Crippen molar-refractivity contribution >= 4 is 12.1 Å². The molecule has 4 unspecified atom stereocenters. The molecule has 1 aliphatic heterocycles. The van der Waals surface area contributed by atoms with Crippen LogP contribution in [0.3, 0.4) is 0 Å². The summed E-state index contributed by atoms with van der Waals surface area (Å²) in [5, 5.41) is 8.84. The summed E-state index contributed by atoms with van der Waals surface area (Å²) in [6.07, 6.45) is 3.97. The van der Waals surface area contributed by atoms with Crippen molar-refractivity contribution in [3.63, 3.8) is 0 Å². The smallest absolute Gasteiger partial charge is 0.414 e. The van der Waals surface area contributed by atoms with Crippen LogP contribution < -0.4 is 0 Å². The van der Waals surface area contributed by atoms with Crippen LogP contribution in [0.4, 0.5) is 4.79 Å². The maximum absolute atomic E-state index is 12.0. The molecule has 1 saturated carbocycles. The van der Waals surface area contributed by atoms with Gasteiger partial charge in [0, 0.05) is 19.5 Å². The number of amides is 1. The molecule has 1 saturated heterocycles. The zero-order valence-electron chi connectivity index (χ0n) is 13.5. The Hall–Kier alpha value is -1.52. The summed E-state index contributed by atoms with van der Waals surface area (Å²) < 4.78 is 4.94.